The number of benzene rings is 1. The molecule has 0 unspecified atom stereocenters. The fourth-order valence-electron chi connectivity index (χ4n) is 2.19. The van der Waals surface area contributed by atoms with Crippen LogP contribution in [0.1, 0.15) is 37.3 Å². The molecule has 0 spiro atoms. The van der Waals surface area contributed by atoms with E-state index in [0.29, 0.717) is 5.56 Å². The summed E-state index contributed by atoms with van der Waals surface area (Å²) in [4.78, 5) is 0. The van der Waals surface area contributed by atoms with Crippen molar-refractivity contribution in [1.29, 1.82) is 0 Å². The average molecular weight is 281 g/mol. The third kappa shape index (κ3) is 3.26. The molecule has 5 nitrogen and oxygen atoms in total. The SMILES string of the molecule is CCCCCNc1cccc2c1C(N)=NS(=O)(=O)C2. The number of fused-ring (bicyclic) bond motifs is 1. The summed E-state index contributed by atoms with van der Waals surface area (Å²) in [5, 5.41) is 3.31. The minimum absolute atomic E-state index is 0.0759. The number of amidine groups is 1. The van der Waals surface area contributed by atoms with Gasteiger partial charge in [0.05, 0.1) is 5.75 Å². The highest BCUT2D eigenvalue weighted by Crippen LogP contribution is 2.26. The molecule has 0 radical (unpaired) electrons. The third-order valence-electron chi connectivity index (χ3n) is 3.08. The van der Waals surface area contributed by atoms with Crippen molar-refractivity contribution in [2.75, 3.05) is 11.9 Å². The van der Waals surface area contributed by atoms with Crippen LogP contribution in [-0.4, -0.2) is 20.8 Å². The Balaban J connectivity index is 2.24. The van der Waals surface area contributed by atoms with Crippen molar-refractivity contribution < 1.29 is 8.42 Å². The summed E-state index contributed by atoms with van der Waals surface area (Å²) in [5.74, 6) is 0.00731. The minimum atomic E-state index is -3.46. The van der Waals surface area contributed by atoms with Crippen LogP contribution >= 0.6 is 0 Å². The molecule has 6 heteroatoms. The molecule has 2 rings (SSSR count). The molecule has 1 aromatic carbocycles. The minimum Gasteiger partial charge on any atom is -0.384 e. The summed E-state index contributed by atoms with van der Waals surface area (Å²) in [6.45, 7) is 3.00. The van der Waals surface area contributed by atoms with Crippen LogP contribution in [-0.2, 0) is 15.8 Å². The maximum absolute atomic E-state index is 11.5. The van der Waals surface area contributed by atoms with Crippen LogP contribution in [0.5, 0.6) is 0 Å². The van der Waals surface area contributed by atoms with E-state index in [2.05, 4.69) is 16.6 Å². The Morgan fingerprint density at radius 3 is 2.89 bits per heavy atom. The Morgan fingerprint density at radius 1 is 1.37 bits per heavy atom. The van der Waals surface area contributed by atoms with Crippen LogP contribution in [0.4, 0.5) is 5.69 Å². The van der Waals surface area contributed by atoms with Gasteiger partial charge >= 0.3 is 0 Å². The van der Waals surface area contributed by atoms with Crippen LogP contribution in [0, 0.1) is 0 Å². The van der Waals surface area contributed by atoms with Gasteiger partial charge in [-0.05, 0) is 18.1 Å². The van der Waals surface area contributed by atoms with Crippen LogP contribution in [0.3, 0.4) is 0 Å². The number of nitrogens with zero attached hydrogens (tertiary/aromatic N) is 1. The number of nitrogens with two attached hydrogens (primary N) is 1. The van der Waals surface area contributed by atoms with Crippen molar-refractivity contribution in [3.8, 4) is 0 Å². The molecule has 0 atom stereocenters. The van der Waals surface area contributed by atoms with Crippen molar-refractivity contribution in [3.63, 3.8) is 0 Å². The molecule has 0 aliphatic carbocycles. The molecule has 0 fully saturated rings. The molecule has 1 aromatic rings. The summed E-state index contributed by atoms with van der Waals surface area (Å²) in [5.41, 5.74) is 8.10. The number of sulfonamides is 1. The van der Waals surface area contributed by atoms with Gasteiger partial charge in [-0.3, -0.25) is 0 Å². The van der Waals surface area contributed by atoms with Crippen molar-refractivity contribution in [3.05, 3.63) is 29.3 Å². The second kappa shape index (κ2) is 5.61. The Hall–Kier alpha value is -1.56. The van der Waals surface area contributed by atoms with Crippen LogP contribution in [0.25, 0.3) is 0 Å². The van der Waals surface area contributed by atoms with Gasteiger partial charge < -0.3 is 11.1 Å². The lowest BCUT2D eigenvalue weighted by Crippen LogP contribution is -2.25. The van der Waals surface area contributed by atoms with Crippen molar-refractivity contribution in [2.45, 2.75) is 31.9 Å². The first kappa shape index (κ1) is 13.9. The number of rotatable bonds is 5. The predicted octanol–water partition coefficient (Wildman–Crippen LogP) is 1.84. The van der Waals surface area contributed by atoms with Crippen LogP contribution in [0.2, 0.25) is 0 Å². The van der Waals surface area contributed by atoms with Crippen LogP contribution in [0.15, 0.2) is 22.6 Å². The highest BCUT2D eigenvalue weighted by atomic mass is 32.2. The van der Waals surface area contributed by atoms with E-state index in [1.165, 1.54) is 6.42 Å². The standard InChI is InChI=1S/C13H19N3O2S/c1-2-3-4-8-15-11-7-5-6-10-9-19(17,18)16-13(14)12(10)11/h5-7,15H,2-4,8-9H2,1H3,(H2,14,16). The van der Waals surface area contributed by atoms with Crippen molar-refractivity contribution >= 4 is 21.5 Å². The van der Waals surface area contributed by atoms with Gasteiger partial charge in [0.25, 0.3) is 10.0 Å². The molecule has 0 amide bonds. The second-order valence-corrected chi connectivity index (χ2v) is 6.31. The quantitative estimate of drug-likeness (QED) is 0.806. The Kier molecular flexibility index (Phi) is 4.09. The molecule has 1 aliphatic rings. The van der Waals surface area contributed by atoms with E-state index < -0.39 is 10.0 Å². The van der Waals surface area contributed by atoms with Gasteiger partial charge in [0.1, 0.15) is 5.84 Å². The third-order valence-corrected chi connectivity index (χ3v) is 4.23. The maximum Gasteiger partial charge on any atom is 0.259 e. The summed E-state index contributed by atoms with van der Waals surface area (Å²) in [6.07, 6.45) is 3.41. The van der Waals surface area contributed by atoms with E-state index in [4.69, 9.17) is 5.73 Å². The Bertz CT molecular complexity index is 594. The summed E-state index contributed by atoms with van der Waals surface area (Å²) in [7, 11) is -3.46. The van der Waals surface area contributed by atoms with Crippen LogP contribution < -0.4 is 11.1 Å². The predicted molar refractivity (Wildman–Crippen MR) is 77.8 cm³/mol. The van der Waals surface area contributed by atoms with E-state index in [-0.39, 0.29) is 11.6 Å². The topological polar surface area (TPSA) is 84.5 Å². The molecular weight excluding hydrogens is 262 g/mol. The lowest BCUT2D eigenvalue weighted by Gasteiger charge is -2.18. The molecule has 1 aliphatic heterocycles. The molecule has 0 saturated heterocycles. The van der Waals surface area contributed by atoms with Gasteiger partial charge in [-0.15, -0.1) is 4.40 Å². The van der Waals surface area contributed by atoms with Gasteiger partial charge in [0.2, 0.25) is 0 Å². The molecule has 0 saturated carbocycles. The van der Waals surface area contributed by atoms with Crippen molar-refractivity contribution in [1.82, 2.24) is 0 Å². The first-order valence-electron chi connectivity index (χ1n) is 6.48. The number of unbranched alkanes of at least 4 members (excludes halogenated alkanes) is 2. The maximum atomic E-state index is 11.5. The van der Waals surface area contributed by atoms with Gasteiger partial charge in [-0.25, -0.2) is 8.42 Å². The lowest BCUT2D eigenvalue weighted by atomic mass is 10.1. The van der Waals surface area contributed by atoms with Gasteiger partial charge in [0, 0.05) is 17.8 Å². The molecule has 1 heterocycles. The smallest absolute Gasteiger partial charge is 0.259 e. The zero-order chi connectivity index (χ0) is 13.9. The van der Waals surface area contributed by atoms with E-state index in [1.54, 1.807) is 6.07 Å². The fraction of sp³-hybridized carbons (Fsp3) is 0.462. The molecular formula is C13H19N3O2S. The van der Waals surface area contributed by atoms with Gasteiger partial charge in [-0.2, -0.15) is 0 Å². The Labute approximate surface area is 114 Å². The molecule has 0 bridgehead atoms. The van der Waals surface area contributed by atoms with E-state index in [0.717, 1.165) is 30.6 Å². The summed E-state index contributed by atoms with van der Waals surface area (Å²) >= 11 is 0. The number of nitrogens with one attached hydrogen (secondary N) is 1. The molecule has 19 heavy (non-hydrogen) atoms. The zero-order valence-electron chi connectivity index (χ0n) is 11.0. The summed E-state index contributed by atoms with van der Waals surface area (Å²) < 4.78 is 26.7. The van der Waals surface area contributed by atoms with Gasteiger partial charge in [-0.1, -0.05) is 31.9 Å². The summed E-state index contributed by atoms with van der Waals surface area (Å²) in [6, 6.07) is 5.53. The highest BCUT2D eigenvalue weighted by Gasteiger charge is 2.24. The normalized spacial score (nSPS) is 16.6. The highest BCUT2D eigenvalue weighted by molar-refractivity contribution is 7.89. The van der Waals surface area contributed by atoms with E-state index >= 15 is 0 Å². The molecule has 0 aromatic heterocycles. The monoisotopic (exact) mass is 281 g/mol. The first-order valence-corrected chi connectivity index (χ1v) is 8.08. The number of anilines is 1. The number of hydrogen-bond donors (Lipinski definition) is 2. The lowest BCUT2D eigenvalue weighted by molar-refractivity contribution is 0.596. The first-order chi connectivity index (χ1) is 9.03. The molecule has 104 valence electrons. The number of hydrogen-bond acceptors (Lipinski definition) is 4. The van der Waals surface area contributed by atoms with Gasteiger partial charge in [0.15, 0.2) is 0 Å². The average Bonchev–Trinajstić information content (AvgIpc) is 2.32. The van der Waals surface area contributed by atoms with Crippen molar-refractivity contribution in [2.24, 2.45) is 10.1 Å². The zero-order valence-corrected chi connectivity index (χ0v) is 11.8. The fourth-order valence-corrected chi connectivity index (χ4v) is 3.28. The largest absolute Gasteiger partial charge is 0.384 e. The molecule has 3 N–H and O–H groups in total. The Morgan fingerprint density at radius 2 is 2.16 bits per heavy atom. The van der Waals surface area contributed by atoms with E-state index in [9.17, 15) is 8.42 Å². The van der Waals surface area contributed by atoms with E-state index in [1.807, 2.05) is 12.1 Å². The second-order valence-electron chi connectivity index (χ2n) is 4.68.